The summed E-state index contributed by atoms with van der Waals surface area (Å²) in [5.74, 6) is 0. The second-order valence-corrected chi connectivity index (χ2v) is 21.0. The first-order valence-corrected chi connectivity index (χ1v) is 24.4. The highest BCUT2D eigenvalue weighted by atomic mass is 32.2. The maximum Gasteiger partial charge on any atom is 0.247 e. The van der Waals surface area contributed by atoms with Crippen molar-refractivity contribution in [1.82, 2.24) is 0 Å². The van der Waals surface area contributed by atoms with Gasteiger partial charge in [-0.05, 0) is 113 Å². The highest BCUT2D eigenvalue weighted by Crippen LogP contribution is 2.48. The highest BCUT2D eigenvalue weighted by Gasteiger charge is 2.39. The lowest BCUT2D eigenvalue weighted by atomic mass is 9.36. The van der Waals surface area contributed by atoms with Gasteiger partial charge < -0.3 is 0 Å². The van der Waals surface area contributed by atoms with E-state index in [-0.39, 0.29) is 17.5 Å². The van der Waals surface area contributed by atoms with Crippen molar-refractivity contribution in [1.29, 1.82) is 0 Å². The van der Waals surface area contributed by atoms with Crippen LogP contribution < -0.4 is 16.4 Å². The molecule has 0 aromatic heterocycles. The van der Waals surface area contributed by atoms with Crippen molar-refractivity contribution in [3.8, 4) is 33.4 Å². The van der Waals surface area contributed by atoms with Gasteiger partial charge in [0.15, 0.2) is 0 Å². The van der Waals surface area contributed by atoms with Crippen LogP contribution in [0.25, 0.3) is 54.9 Å². The molecule has 2 aliphatic rings. The van der Waals surface area contributed by atoms with Crippen molar-refractivity contribution in [3.05, 3.63) is 235 Å². The van der Waals surface area contributed by atoms with Crippen LogP contribution in [0.15, 0.2) is 232 Å². The van der Waals surface area contributed by atoms with Crippen LogP contribution in [0.4, 0.5) is 0 Å². The smallest absolute Gasteiger partial charge is 0.0911 e. The summed E-state index contributed by atoms with van der Waals surface area (Å²) in [6.45, 7) is 9.66. The van der Waals surface area contributed by atoms with Crippen molar-refractivity contribution in [2.45, 2.75) is 58.1 Å². The first-order chi connectivity index (χ1) is 31.7. The van der Waals surface area contributed by atoms with E-state index < -0.39 is 0 Å². The van der Waals surface area contributed by atoms with Crippen LogP contribution in [0.1, 0.15) is 49.9 Å². The Balaban J connectivity index is 1.09. The number of hydrogen-bond acceptors (Lipinski definition) is 2. The topological polar surface area (TPSA) is 0 Å². The third kappa shape index (κ3) is 6.62. The molecule has 0 saturated heterocycles. The Morgan fingerprint density at radius 3 is 1.35 bits per heavy atom. The third-order valence-corrected chi connectivity index (χ3v) is 16.7. The van der Waals surface area contributed by atoms with E-state index in [0.717, 1.165) is 0 Å². The quantitative estimate of drug-likeness (QED) is 0.116. The molecule has 12 rings (SSSR count). The van der Waals surface area contributed by atoms with E-state index in [4.69, 9.17) is 0 Å². The second-order valence-electron chi connectivity index (χ2n) is 18.8. The molecule has 0 nitrogen and oxygen atoms in total. The van der Waals surface area contributed by atoms with Crippen molar-refractivity contribution in [2.75, 3.05) is 0 Å². The summed E-state index contributed by atoms with van der Waals surface area (Å²) in [6.07, 6.45) is 0. The van der Waals surface area contributed by atoms with Crippen molar-refractivity contribution in [2.24, 2.45) is 0 Å². The standard InChI is InChI=1S/C62H47BS2/c1-61(2,44-22-10-6-11-23-44)46-32-33-53-55(39-46)65-57-38-42(37-56-60(57)63(53)52-30-18-19-31-54(52)64-56)41-34-43(36-47(35-41)62(3,4)45-24-12-7-13-25-45)59-50-28-16-14-26-48(50)58(40-20-8-5-9-21-40)49-27-15-17-29-51(49)59/h5-39H,1-4H3. The Bertz CT molecular complexity index is 3420. The van der Waals surface area contributed by atoms with E-state index in [1.54, 1.807) is 0 Å². The fraction of sp³-hybridized carbons (Fsp3) is 0.0968. The fourth-order valence-electron chi connectivity index (χ4n) is 10.7. The van der Waals surface area contributed by atoms with Gasteiger partial charge in [-0.25, -0.2) is 0 Å². The molecule has 0 bridgehead atoms. The minimum absolute atomic E-state index is 0.138. The zero-order valence-corrected chi connectivity index (χ0v) is 38.7. The monoisotopic (exact) mass is 866 g/mol. The summed E-state index contributed by atoms with van der Waals surface area (Å²) in [4.78, 5) is 5.40. The van der Waals surface area contributed by atoms with E-state index in [1.807, 2.05) is 23.5 Å². The van der Waals surface area contributed by atoms with Gasteiger partial charge in [-0.1, -0.05) is 244 Å². The Kier molecular flexibility index (Phi) is 9.60. The molecule has 10 aromatic carbocycles. The molecule has 2 aliphatic heterocycles. The van der Waals surface area contributed by atoms with Gasteiger partial charge in [-0.15, -0.1) is 0 Å². The van der Waals surface area contributed by atoms with Gasteiger partial charge in [0.25, 0.3) is 0 Å². The SMILES string of the molecule is CC(C)(c1ccccc1)c1cc(-c2cc3c4c(c2)Sc2cc(C(C)(C)c5ccccc5)ccc2B4c2ccccc2S3)cc(-c2c3ccccc3c(-c3ccccc3)c3ccccc23)c1. The molecule has 0 N–H and O–H groups in total. The molecular formula is C62H47BS2. The van der Waals surface area contributed by atoms with Crippen LogP contribution in [0, 0.1) is 0 Å². The summed E-state index contributed by atoms with van der Waals surface area (Å²) < 4.78 is 0. The van der Waals surface area contributed by atoms with E-state index in [0.29, 0.717) is 0 Å². The molecule has 0 amide bonds. The first-order valence-electron chi connectivity index (χ1n) is 22.8. The molecule has 2 heterocycles. The van der Waals surface area contributed by atoms with Gasteiger partial charge in [-0.2, -0.15) is 0 Å². The van der Waals surface area contributed by atoms with E-state index in [1.165, 1.54) is 113 Å². The molecular weight excluding hydrogens is 820 g/mol. The lowest BCUT2D eigenvalue weighted by Crippen LogP contribution is -2.58. The molecule has 0 unspecified atom stereocenters. The van der Waals surface area contributed by atoms with Crippen LogP contribution in [0.2, 0.25) is 0 Å². The maximum absolute atomic E-state index is 2.51. The molecule has 0 atom stereocenters. The highest BCUT2D eigenvalue weighted by molar-refractivity contribution is 8.01. The van der Waals surface area contributed by atoms with Crippen molar-refractivity contribution >= 4 is 68.2 Å². The molecule has 0 radical (unpaired) electrons. The van der Waals surface area contributed by atoms with E-state index in [9.17, 15) is 0 Å². The summed E-state index contributed by atoms with van der Waals surface area (Å²) in [5, 5.41) is 5.07. The first kappa shape index (κ1) is 40.0. The fourth-order valence-corrected chi connectivity index (χ4v) is 13.2. The van der Waals surface area contributed by atoms with Gasteiger partial charge in [0.05, 0.1) is 0 Å². The summed E-state index contributed by atoms with van der Waals surface area (Å²) in [7, 11) is 0. The molecule has 65 heavy (non-hydrogen) atoms. The van der Waals surface area contributed by atoms with Gasteiger partial charge in [0.2, 0.25) is 6.71 Å². The number of benzene rings is 10. The molecule has 310 valence electrons. The average Bonchev–Trinajstić information content (AvgIpc) is 3.35. The zero-order valence-electron chi connectivity index (χ0n) is 37.1. The molecule has 10 aromatic rings. The predicted octanol–water partition coefficient (Wildman–Crippen LogP) is 15.1. The lowest BCUT2D eigenvalue weighted by Gasteiger charge is -2.35. The Hall–Kier alpha value is -6.52. The molecule has 0 fully saturated rings. The van der Waals surface area contributed by atoms with Crippen molar-refractivity contribution in [3.63, 3.8) is 0 Å². The molecule has 0 spiro atoms. The molecule has 3 heteroatoms. The number of fused-ring (bicyclic) bond motifs is 6. The third-order valence-electron chi connectivity index (χ3n) is 14.4. The number of rotatable bonds is 7. The van der Waals surface area contributed by atoms with Crippen molar-refractivity contribution < 1.29 is 0 Å². The van der Waals surface area contributed by atoms with E-state index in [2.05, 4.69) is 240 Å². The Morgan fingerprint density at radius 1 is 0.308 bits per heavy atom. The summed E-state index contributed by atoms with van der Waals surface area (Å²) in [5.41, 5.74) is 16.6. The minimum Gasteiger partial charge on any atom is -0.0911 e. The van der Waals surface area contributed by atoms with Gasteiger partial charge in [0.1, 0.15) is 0 Å². The van der Waals surface area contributed by atoms with Crippen LogP contribution in [-0.2, 0) is 10.8 Å². The number of hydrogen-bond donors (Lipinski definition) is 0. The maximum atomic E-state index is 2.51. The largest absolute Gasteiger partial charge is 0.247 e. The summed E-state index contributed by atoms with van der Waals surface area (Å²) >= 11 is 3.89. The zero-order chi connectivity index (χ0) is 43.9. The predicted molar refractivity (Wildman–Crippen MR) is 281 cm³/mol. The normalized spacial score (nSPS) is 13.1. The van der Waals surface area contributed by atoms with Gasteiger partial charge in [0, 0.05) is 30.4 Å². The minimum atomic E-state index is -0.265. The Morgan fingerprint density at radius 2 is 0.754 bits per heavy atom. The lowest BCUT2D eigenvalue weighted by molar-refractivity contribution is 0.639. The van der Waals surface area contributed by atoms with Crippen LogP contribution in [0.5, 0.6) is 0 Å². The molecule has 0 saturated carbocycles. The summed E-state index contributed by atoms with van der Waals surface area (Å²) in [6, 6.07) is 79.8. The second kappa shape index (κ2) is 15.6. The van der Waals surface area contributed by atoms with Gasteiger partial charge >= 0.3 is 0 Å². The van der Waals surface area contributed by atoms with Crippen LogP contribution >= 0.6 is 23.5 Å². The molecule has 0 aliphatic carbocycles. The average molecular weight is 867 g/mol. The van der Waals surface area contributed by atoms with Crippen LogP contribution in [0.3, 0.4) is 0 Å². The van der Waals surface area contributed by atoms with Gasteiger partial charge in [-0.3, -0.25) is 0 Å². The Labute approximate surface area is 391 Å². The van der Waals surface area contributed by atoms with E-state index >= 15 is 0 Å². The van der Waals surface area contributed by atoms with Crippen LogP contribution in [-0.4, -0.2) is 6.71 Å².